The van der Waals surface area contributed by atoms with E-state index in [2.05, 4.69) is 22.2 Å². The highest BCUT2D eigenvalue weighted by Gasteiger charge is 2.45. The van der Waals surface area contributed by atoms with Crippen molar-refractivity contribution in [3.8, 4) is 0 Å². The number of halogens is 5. The number of benzene rings is 1. The second-order valence-electron chi connectivity index (χ2n) is 7.37. The Hall–Kier alpha value is -3.04. The Morgan fingerprint density at radius 1 is 1.33 bits per heavy atom. The summed E-state index contributed by atoms with van der Waals surface area (Å²) in [6, 6.07) is -0.894. The van der Waals surface area contributed by atoms with Crippen LogP contribution in [0.2, 0.25) is 0 Å². The van der Waals surface area contributed by atoms with Crippen molar-refractivity contribution in [2.75, 3.05) is 0 Å². The minimum absolute atomic E-state index is 0.00625. The van der Waals surface area contributed by atoms with Gasteiger partial charge in [0.2, 0.25) is 0 Å². The van der Waals surface area contributed by atoms with Gasteiger partial charge in [0, 0.05) is 41.5 Å². The third kappa shape index (κ3) is 3.73. The largest absolute Gasteiger partial charge is 0.455 e. The smallest absolute Gasteiger partial charge is 0.415 e. The molecule has 1 aliphatic rings. The van der Waals surface area contributed by atoms with Gasteiger partial charge in [-0.05, 0) is 25.8 Å². The van der Waals surface area contributed by atoms with Crippen molar-refractivity contribution in [2.24, 2.45) is 0 Å². The Kier molecular flexibility index (Phi) is 4.95. The molecule has 0 spiro atoms. The molecule has 1 aliphatic heterocycles. The Labute approximate surface area is 168 Å². The van der Waals surface area contributed by atoms with Crippen LogP contribution in [0.4, 0.5) is 22.0 Å². The molecule has 1 aromatic carbocycles. The van der Waals surface area contributed by atoms with Gasteiger partial charge in [-0.3, -0.25) is 0 Å². The highest BCUT2D eigenvalue weighted by Crippen LogP contribution is 2.39. The molecule has 160 valence electrons. The van der Waals surface area contributed by atoms with E-state index in [1.54, 1.807) is 12.5 Å². The summed E-state index contributed by atoms with van der Waals surface area (Å²) in [6.45, 7) is 5.54. The molecule has 0 saturated carbocycles. The fraction of sp³-hybridized carbons (Fsp3) is 0.350. The lowest BCUT2D eigenvalue weighted by Gasteiger charge is -2.29. The van der Waals surface area contributed by atoms with E-state index in [9.17, 15) is 22.0 Å². The van der Waals surface area contributed by atoms with Crippen molar-refractivity contribution in [1.82, 2.24) is 20.2 Å². The number of hydrogen-bond donors (Lipinski definition) is 2. The van der Waals surface area contributed by atoms with Crippen LogP contribution in [-0.2, 0) is 13.0 Å². The van der Waals surface area contributed by atoms with Crippen LogP contribution in [-0.4, -0.2) is 21.8 Å². The van der Waals surface area contributed by atoms with Crippen molar-refractivity contribution in [3.05, 3.63) is 65.7 Å². The van der Waals surface area contributed by atoms with Gasteiger partial charge in [-0.15, -0.1) is 0 Å². The maximum Gasteiger partial charge on any atom is 0.415 e. The first-order valence-electron chi connectivity index (χ1n) is 9.29. The van der Waals surface area contributed by atoms with Crippen LogP contribution in [0.5, 0.6) is 0 Å². The summed E-state index contributed by atoms with van der Waals surface area (Å²) in [7, 11) is 0. The average Bonchev–Trinajstić information content (AvgIpc) is 3.24. The van der Waals surface area contributed by atoms with E-state index >= 15 is 0 Å². The van der Waals surface area contributed by atoms with Crippen molar-refractivity contribution >= 4 is 11.0 Å². The SMILES string of the molecule is C=C(NC1CCc2cncn2C1)NC(c1oc2c(F)cc(F)cc2c1C)C(F)(F)F. The fourth-order valence-electron chi connectivity index (χ4n) is 3.78. The number of nitrogens with zero attached hydrogens (tertiary/aromatic N) is 2. The molecule has 0 saturated heterocycles. The lowest BCUT2D eigenvalue weighted by atomic mass is 10.1. The predicted molar refractivity (Wildman–Crippen MR) is 99.4 cm³/mol. The number of aryl methyl sites for hydroxylation is 2. The Bertz CT molecular complexity index is 1100. The number of hydrogen-bond acceptors (Lipinski definition) is 4. The van der Waals surface area contributed by atoms with Gasteiger partial charge in [0.15, 0.2) is 17.4 Å². The lowest BCUT2D eigenvalue weighted by Crippen LogP contribution is -2.43. The van der Waals surface area contributed by atoms with E-state index < -0.39 is 35.2 Å². The number of aromatic nitrogens is 2. The van der Waals surface area contributed by atoms with Gasteiger partial charge in [0.05, 0.1) is 12.1 Å². The topological polar surface area (TPSA) is 55.0 Å². The summed E-state index contributed by atoms with van der Waals surface area (Å²) in [5, 5.41) is 5.23. The van der Waals surface area contributed by atoms with Crippen LogP contribution < -0.4 is 10.6 Å². The molecule has 2 aromatic heterocycles. The third-order valence-corrected chi connectivity index (χ3v) is 5.24. The van der Waals surface area contributed by atoms with E-state index in [1.165, 1.54) is 6.92 Å². The van der Waals surface area contributed by atoms with E-state index in [4.69, 9.17) is 4.42 Å². The van der Waals surface area contributed by atoms with Crippen molar-refractivity contribution in [1.29, 1.82) is 0 Å². The first kappa shape index (κ1) is 20.2. The van der Waals surface area contributed by atoms with Crippen LogP contribution in [0.15, 0.2) is 41.5 Å². The molecule has 2 unspecified atom stereocenters. The molecule has 0 amide bonds. The van der Waals surface area contributed by atoms with Gasteiger partial charge < -0.3 is 19.6 Å². The first-order chi connectivity index (χ1) is 14.1. The molecule has 30 heavy (non-hydrogen) atoms. The maximum absolute atomic E-state index is 14.0. The standard InChI is InChI=1S/C20H19F5N4O/c1-10-15-5-12(21)6-16(22)18(15)30-17(10)19(20(23,24)25)28-11(2)27-13-3-4-14-7-26-9-29(14)8-13/h5-7,9,13,19,27-28H,2-4,8H2,1H3. The summed E-state index contributed by atoms with van der Waals surface area (Å²) >= 11 is 0. The normalized spacial score (nSPS) is 17.6. The zero-order chi connectivity index (χ0) is 21.6. The van der Waals surface area contributed by atoms with Gasteiger partial charge in [-0.25, -0.2) is 13.8 Å². The number of imidazole rings is 1. The van der Waals surface area contributed by atoms with Crippen LogP contribution in [0.1, 0.15) is 29.5 Å². The minimum atomic E-state index is -4.76. The summed E-state index contributed by atoms with van der Waals surface area (Å²) < 4.78 is 76.1. The molecule has 3 aromatic rings. The molecule has 0 aliphatic carbocycles. The number of nitrogens with one attached hydrogen (secondary N) is 2. The van der Waals surface area contributed by atoms with Crippen LogP contribution in [0.3, 0.4) is 0 Å². The molecular formula is C20H19F5N4O. The van der Waals surface area contributed by atoms with Gasteiger partial charge in [-0.2, -0.15) is 13.2 Å². The summed E-state index contributed by atoms with van der Waals surface area (Å²) in [5.41, 5.74) is 0.650. The summed E-state index contributed by atoms with van der Waals surface area (Å²) in [5.74, 6) is -2.53. The monoisotopic (exact) mass is 426 g/mol. The summed E-state index contributed by atoms with van der Waals surface area (Å²) in [4.78, 5) is 4.06. The quantitative estimate of drug-likeness (QED) is 0.591. The van der Waals surface area contributed by atoms with Crippen molar-refractivity contribution in [2.45, 2.75) is 44.6 Å². The van der Waals surface area contributed by atoms with Gasteiger partial charge >= 0.3 is 6.18 Å². The number of rotatable bonds is 5. The van der Waals surface area contributed by atoms with Gasteiger partial charge in [0.25, 0.3) is 0 Å². The third-order valence-electron chi connectivity index (χ3n) is 5.24. The zero-order valence-electron chi connectivity index (χ0n) is 16.0. The molecule has 3 heterocycles. The zero-order valence-corrected chi connectivity index (χ0v) is 16.0. The van der Waals surface area contributed by atoms with Crippen LogP contribution >= 0.6 is 0 Å². The highest BCUT2D eigenvalue weighted by atomic mass is 19.4. The molecule has 4 rings (SSSR count). The first-order valence-corrected chi connectivity index (χ1v) is 9.29. The highest BCUT2D eigenvalue weighted by molar-refractivity contribution is 5.82. The minimum Gasteiger partial charge on any atom is -0.455 e. The number of furan rings is 1. The van der Waals surface area contributed by atoms with E-state index in [-0.39, 0.29) is 22.8 Å². The Balaban J connectivity index is 1.57. The molecule has 2 atom stereocenters. The molecular weight excluding hydrogens is 407 g/mol. The maximum atomic E-state index is 14.0. The second kappa shape index (κ2) is 7.33. The van der Waals surface area contributed by atoms with Gasteiger partial charge in [-0.1, -0.05) is 6.58 Å². The Morgan fingerprint density at radius 2 is 2.10 bits per heavy atom. The number of alkyl halides is 3. The van der Waals surface area contributed by atoms with E-state index in [0.29, 0.717) is 19.0 Å². The predicted octanol–water partition coefficient (Wildman–Crippen LogP) is 4.48. The fourth-order valence-corrected chi connectivity index (χ4v) is 3.78. The van der Waals surface area contributed by atoms with Crippen LogP contribution in [0, 0.1) is 18.6 Å². The summed E-state index contributed by atoms with van der Waals surface area (Å²) in [6.07, 6.45) is 0.110. The molecule has 0 radical (unpaired) electrons. The number of fused-ring (bicyclic) bond motifs is 2. The van der Waals surface area contributed by atoms with E-state index in [1.807, 2.05) is 4.57 Å². The van der Waals surface area contributed by atoms with E-state index in [0.717, 1.165) is 18.2 Å². The molecule has 0 fully saturated rings. The molecule has 10 heteroatoms. The lowest BCUT2D eigenvalue weighted by molar-refractivity contribution is -0.159. The molecule has 2 N–H and O–H groups in total. The van der Waals surface area contributed by atoms with Crippen molar-refractivity contribution < 1.29 is 26.4 Å². The molecule has 0 bridgehead atoms. The molecule has 5 nitrogen and oxygen atoms in total. The average molecular weight is 426 g/mol. The Morgan fingerprint density at radius 3 is 2.83 bits per heavy atom. The van der Waals surface area contributed by atoms with Crippen molar-refractivity contribution in [3.63, 3.8) is 0 Å². The van der Waals surface area contributed by atoms with Gasteiger partial charge in [0.1, 0.15) is 11.6 Å². The second-order valence-corrected chi connectivity index (χ2v) is 7.37. The van der Waals surface area contributed by atoms with Crippen LogP contribution in [0.25, 0.3) is 11.0 Å².